The zero-order valence-electron chi connectivity index (χ0n) is 13.1. The Labute approximate surface area is 144 Å². The molecule has 128 valence electrons. The Kier molecular flexibility index (Phi) is 5.25. The molecule has 0 aliphatic carbocycles. The molecule has 0 atom stereocenters. The molecular formula is C14H15ClN4O4S. The lowest BCUT2D eigenvalue weighted by atomic mass is 10.3. The third-order valence-corrected chi connectivity index (χ3v) is 4.47. The maximum absolute atomic E-state index is 12.5. The lowest BCUT2D eigenvalue weighted by Gasteiger charge is -2.12. The van der Waals surface area contributed by atoms with Crippen molar-refractivity contribution in [2.24, 2.45) is 0 Å². The highest BCUT2D eigenvalue weighted by Crippen LogP contribution is 2.31. The van der Waals surface area contributed by atoms with Crippen LogP contribution in [0.2, 0.25) is 5.15 Å². The maximum Gasteiger partial charge on any atom is 0.263 e. The Morgan fingerprint density at radius 3 is 2.38 bits per heavy atom. The summed E-state index contributed by atoms with van der Waals surface area (Å²) in [6, 6.07) is 5.67. The van der Waals surface area contributed by atoms with E-state index in [2.05, 4.69) is 20.0 Å². The van der Waals surface area contributed by atoms with Gasteiger partial charge in [0.05, 0.1) is 12.0 Å². The standard InChI is InChI=1S/C14H15ClN4O4S/c1-8-16-13(15)12(23-3)14(17-8)19-24(21,22)11-6-4-10(5-7-11)18-9(2)20/h4-7H,1-3H3,(H,18,20)(H,16,17,19). The van der Waals surface area contributed by atoms with Crippen LogP contribution in [-0.2, 0) is 14.8 Å². The van der Waals surface area contributed by atoms with Crippen LogP contribution in [0.5, 0.6) is 5.75 Å². The molecule has 0 fully saturated rings. The number of rotatable bonds is 5. The molecule has 1 aromatic carbocycles. The number of halogens is 1. The number of carbonyl (C=O) groups excluding carboxylic acids is 1. The van der Waals surface area contributed by atoms with E-state index < -0.39 is 10.0 Å². The number of amides is 1. The molecule has 0 aliphatic rings. The van der Waals surface area contributed by atoms with Crippen LogP contribution in [0.15, 0.2) is 29.2 Å². The minimum Gasteiger partial charge on any atom is -0.490 e. The highest BCUT2D eigenvalue weighted by atomic mass is 35.5. The van der Waals surface area contributed by atoms with Gasteiger partial charge in [0, 0.05) is 12.6 Å². The van der Waals surface area contributed by atoms with E-state index in [1.807, 2.05) is 0 Å². The first-order valence-electron chi connectivity index (χ1n) is 6.71. The summed E-state index contributed by atoms with van der Waals surface area (Å²) in [5.74, 6) is 0.0146. The lowest BCUT2D eigenvalue weighted by Crippen LogP contribution is -2.16. The van der Waals surface area contributed by atoms with E-state index in [1.54, 1.807) is 6.92 Å². The number of nitrogens with zero attached hydrogens (tertiary/aromatic N) is 2. The second-order valence-corrected chi connectivity index (χ2v) is 6.79. The molecule has 8 nitrogen and oxygen atoms in total. The zero-order valence-corrected chi connectivity index (χ0v) is 14.7. The molecule has 1 aromatic heterocycles. The van der Waals surface area contributed by atoms with E-state index in [0.29, 0.717) is 11.5 Å². The molecule has 0 aliphatic heterocycles. The van der Waals surface area contributed by atoms with Gasteiger partial charge in [-0.05, 0) is 31.2 Å². The van der Waals surface area contributed by atoms with E-state index in [0.717, 1.165) is 0 Å². The first-order valence-corrected chi connectivity index (χ1v) is 8.57. The smallest absolute Gasteiger partial charge is 0.263 e. The minimum atomic E-state index is -3.92. The quantitative estimate of drug-likeness (QED) is 0.781. The van der Waals surface area contributed by atoms with Crippen LogP contribution in [0.4, 0.5) is 11.5 Å². The van der Waals surface area contributed by atoms with Crippen molar-refractivity contribution in [3.05, 3.63) is 35.2 Å². The van der Waals surface area contributed by atoms with Gasteiger partial charge in [-0.1, -0.05) is 11.6 Å². The molecular weight excluding hydrogens is 356 g/mol. The van der Waals surface area contributed by atoms with Gasteiger partial charge in [0.25, 0.3) is 10.0 Å². The van der Waals surface area contributed by atoms with Gasteiger partial charge in [0.15, 0.2) is 16.7 Å². The van der Waals surface area contributed by atoms with Crippen molar-refractivity contribution in [1.29, 1.82) is 0 Å². The number of hydrogen-bond donors (Lipinski definition) is 2. The highest BCUT2D eigenvalue weighted by Gasteiger charge is 2.20. The van der Waals surface area contributed by atoms with E-state index in [1.165, 1.54) is 38.3 Å². The summed E-state index contributed by atoms with van der Waals surface area (Å²) in [6.45, 7) is 2.94. The average molecular weight is 371 g/mol. The van der Waals surface area contributed by atoms with Crippen LogP contribution in [0.3, 0.4) is 0 Å². The largest absolute Gasteiger partial charge is 0.490 e. The molecule has 1 amide bonds. The van der Waals surface area contributed by atoms with Gasteiger partial charge in [-0.25, -0.2) is 18.4 Å². The number of aromatic nitrogens is 2. The predicted octanol–water partition coefficient (Wildman–Crippen LogP) is 2.21. The number of ether oxygens (including phenoxy) is 1. The predicted molar refractivity (Wildman–Crippen MR) is 89.9 cm³/mol. The number of aryl methyl sites for hydroxylation is 1. The average Bonchev–Trinajstić information content (AvgIpc) is 2.46. The summed E-state index contributed by atoms with van der Waals surface area (Å²) in [5.41, 5.74) is 0.486. The van der Waals surface area contributed by atoms with Crippen molar-refractivity contribution in [3.63, 3.8) is 0 Å². The lowest BCUT2D eigenvalue weighted by molar-refractivity contribution is -0.114. The van der Waals surface area contributed by atoms with E-state index in [9.17, 15) is 13.2 Å². The summed E-state index contributed by atoms with van der Waals surface area (Å²) < 4.78 is 32.3. The third kappa shape index (κ3) is 4.12. The van der Waals surface area contributed by atoms with Crippen molar-refractivity contribution in [2.45, 2.75) is 18.7 Å². The molecule has 0 saturated carbocycles. The van der Waals surface area contributed by atoms with Crippen LogP contribution >= 0.6 is 11.6 Å². The van der Waals surface area contributed by atoms with Crippen molar-refractivity contribution in [3.8, 4) is 5.75 Å². The number of sulfonamides is 1. The van der Waals surface area contributed by atoms with Crippen LogP contribution in [-0.4, -0.2) is 31.4 Å². The van der Waals surface area contributed by atoms with Gasteiger partial charge in [-0.15, -0.1) is 0 Å². The van der Waals surface area contributed by atoms with Crippen molar-refractivity contribution >= 4 is 39.0 Å². The zero-order chi connectivity index (χ0) is 17.9. The fraction of sp³-hybridized carbons (Fsp3) is 0.214. The molecule has 2 N–H and O–H groups in total. The number of methoxy groups -OCH3 is 1. The Morgan fingerprint density at radius 2 is 1.83 bits per heavy atom. The number of nitrogens with one attached hydrogen (secondary N) is 2. The van der Waals surface area contributed by atoms with Gasteiger partial charge in [0.1, 0.15) is 5.82 Å². The monoisotopic (exact) mass is 370 g/mol. The van der Waals surface area contributed by atoms with Crippen molar-refractivity contribution < 1.29 is 17.9 Å². The Hall–Kier alpha value is -2.39. The highest BCUT2D eigenvalue weighted by molar-refractivity contribution is 7.92. The van der Waals surface area contributed by atoms with Crippen molar-refractivity contribution in [1.82, 2.24) is 9.97 Å². The van der Waals surface area contributed by atoms with Gasteiger partial charge >= 0.3 is 0 Å². The number of benzene rings is 1. The Balaban J connectivity index is 2.33. The van der Waals surface area contributed by atoms with E-state index in [-0.39, 0.29) is 27.5 Å². The summed E-state index contributed by atoms with van der Waals surface area (Å²) in [7, 11) is -2.58. The molecule has 0 unspecified atom stereocenters. The first kappa shape index (κ1) is 18.0. The van der Waals surface area contributed by atoms with Crippen LogP contribution in [0.25, 0.3) is 0 Å². The maximum atomic E-state index is 12.5. The number of carbonyl (C=O) groups is 1. The van der Waals surface area contributed by atoms with Crippen molar-refractivity contribution in [2.75, 3.05) is 17.1 Å². The molecule has 1 heterocycles. The molecule has 0 saturated heterocycles. The molecule has 2 aromatic rings. The normalized spacial score (nSPS) is 11.0. The molecule has 24 heavy (non-hydrogen) atoms. The molecule has 10 heteroatoms. The second kappa shape index (κ2) is 7.02. The fourth-order valence-electron chi connectivity index (χ4n) is 1.89. The SMILES string of the molecule is COc1c(Cl)nc(C)nc1NS(=O)(=O)c1ccc(NC(C)=O)cc1. The summed E-state index contributed by atoms with van der Waals surface area (Å²) in [6.07, 6.45) is 0. The Morgan fingerprint density at radius 1 is 1.21 bits per heavy atom. The van der Waals surface area contributed by atoms with Crippen LogP contribution in [0, 0.1) is 6.92 Å². The van der Waals surface area contributed by atoms with Crippen LogP contribution < -0.4 is 14.8 Å². The second-order valence-electron chi connectivity index (χ2n) is 4.75. The molecule has 0 bridgehead atoms. The Bertz CT molecular complexity index is 869. The van der Waals surface area contributed by atoms with Gasteiger partial charge in [0.2, 0.25) is 5.91 Å². The van der Waals surface area contributed by atoms with Gasteiger partial charge in [-0.2, -0.15) is 0 Å². The summed E-state index contributed by atoms with van der Waals surface area (Å²) in [5, 5.41) is 2.56. The topological polar surface area (TPSA) is 110 Å². The van der Waals surface area contributed by atoms with E-state index >= 15 is 0 Å². The molecule has 2 rings (SSSR count). The third-order valence-electron chi connectivity index (χ3n) is 2.86. The summed E-state index contributed by atoms with van der Waals surface area (Å²) in [4.78, 5) is 18.9. The minimum absolute atomic E-state index is 0.00343. The van der Waals surface area contributed by atoms with E-state index in [4.69, 9.17) is 16.3 Å². The first-order chi connectivity index (χ1) is 11.2. The number of hydrogen-bond acceptors (Lipinski definition) is 6. The van der Waals surface area contributed by atoms with Gasteiger partial charge < -0.3 is 10.1 Å². The summed E-state index contributed by atoms with van der Waals surface area (Å²) >= 11 is 5.93. The van der Waals surface area contributed by atoms with Gasteiger partial charge in [-0.3, -0.25) is 9.52 Å². The van der Waals surface area contributed by atoms with Crippen LogP contribution in [0.1, 0.15) is 12.7 Å². The number of anilines is 2. The fourth-order valence-corrected chi connectivity index (χ4v) is 3.18. The molecule has 0 radical (unpaired) electrons. The molecule has 0 spiro atoms.